The molecule has 1 atom stereocenters. The summed E-state index contributed by atoms with van der Waals surface area (Å²) < 4.78 is 0. The molecule has 0 spiro atoms. The number of likely N-dealkylation sites (N-methyl/N-ethyl adjacent to an activating group) is 1. The maximum Gasteiger partial charge on any atom is 0.254 e. The highest BCUT2D eigenvalue weighted by molar-refractivity contribution is 6.03. The number of carbonyl (C=O) groups excluding carboxylic acids is 2. The highest BCUT2D eigenvalue weighted by Gasteiger charge is 2.34. The van der Waals surface area contributed by atoms with E-state index >= 15 is 0 Å². The molecule has 0 N–H and O–H groups in total. The molecule has 0 saturated carbocycles. The van der Waals surface area contributed by atoms with Crippen molar-refractivity contribution in [3.63, 3.8) is 0 Å². The fraction of sp³-hybridized carbons (Fsp3) is 0.391. The van der Waals surface area contributed by atoms with Crippen LogP contribution in [-0.4, -0.2) is 49.4 Å². The Kier molecular flexibility index (Phi) is 5.33. The Balaban J connectivity index is 1.52. The van der Waals surface area contributed by atoms with Gasteiger partial charge in [0, 0.05) is 43.6 Å². The summed E-state index contributed by atoms with van der Waals surface area (Å²) in [7, 11) is 1.75. The van der Waals surface area contributed by atoms with E-state index in [1.54, 1.807) is 16.8 Å². The lowest BCUT2D eigenvalue weighted by atomic mass is 10.0. The lowest BCUT2D eigenvalue weighted by Gasteiger charge is -2.37. The number of hydrogen-bond acceptors (Lipinski definition) is 3. The maximum atomic E-state index is 13.1. The topological polar surface area (TPSA) is 43.9 Å². The van der Waals surface area contributed by atoms with Gasteiger partial charge >= 0.3 is 0 Å². The average Bonchev–Trinajstić information content (AvgIpc) is 3.29. The van der Waals surface area contributed by atoms with Gasteiger partial charge in [-0.05, 0) is 56.0 Å². The Morgan fingerprint density at radius 3 is 2.39 bits per heavy atom. The van der Waals surface area contributed by atoms with Crippen molar-refractivity contribution in [2.45, 2.75) is 31.7 Å². The van der Waals surface area contributed by atoms with E-state index in [-0.39, 0.29) is 11.8 Å². The summed E-state index contributed by atoms with van der Waals surface area (Å²) >= 11 is 0. The van der Waals surface area contributed by atoms with Crippen LogP contribution in [0.2, 0.25) is 0 Å². The van der Waals surface area contributed by atoms with Crippen molar-refractivity contribution in [2.24, 2.45) is 0 Å². The van der Waals surface area contributed by atoms with E-state index in [1.807, 2.05) is 48.5 Å². The number of benzene rings is 2. The smallest absolute Gasteiger partial charge is 0.254 e. The number of rotatable bonds is 4. The van der Waals surface area contributed by atoms with Crippen molar-refractivity contribution < 1.29 is 9.59 Å². The van der Waals surface area contributed by atoms with Gasteiger partial charge in [-0.3, -0.25) is 9.59 Å². The first kappa shape index (κ1) is 18.5. The highest BCUT2D eigenvalue weighted by atomic mass is 16.2. The van der Waals surface area contributed by atoms with E-state index in [1.165, 1.54) is 12.8 Å². The standard InChI is InChI=1S/C23H27N3O2/c1-24(21-13-8-16-26(23(21)28)19-10-3-2-4-11-19)22(27)18-9-7-12-20(17-18)25-14-5-6-15-25/h2-4,7,9-12,17,21H,5-6,8,13-16H2,1H3. The van der Waals surface area contributed by atoms with Gasteiger partial charge in [0.1, 0.15) is 6.04 Å². The molecule has 0 aromatic heterocycles. The second kappa shape index (κ2) is 8.05. The molecular weight excluding hydrogens is 350 g/mol. The highest BCUT2D eigenvalue weighted by Crippen LogP contribution is 2.25. The molecule has 28 heavy (non-hydrogen) atoms. The molecule has 2 saturated heterocycles. The van der Waals surface area contributed by atoms with Crippen LogP contribution < -0.4 is 9.80 Å². The van der Waals surface area contributed by atoms with E-state index in [2.05, 4.69) is 11.0 Å². The third-order valence-corrected chi connectivity index (χ3v) is 5.83. The normalized spacial score (nSPS) is 19.8. The Bertz CT molecular complexity index is 846. The molecule has 0 bridgehead atoms. The van der Waals surface area contributed by atoms with E-state index < -0.39 is 6.04 Å². The summed E-state index contributed by atoms with van der Waals surface area (Å²) in [6.07, 6.45) is 3.99. The predicted octanol–water partition coefficient (Wildman–Crippen LogP) is 3.55. The minimum Gasteiger partial charge on any atom is -0.372 e. The molecule has 2 fully saturated rings. The zero-order chi connectivity index (χ0) is 19.5. The van der Waals surface area contributed by atoms with Crippen LogP contribution in [0.4, 0.5) is 11.4 Å². The fourth-order valence-corrected chi connectivity index (χ4v) is 4.24. The van der Waals surface area contributed by atoms with E-state index in [9.17, 15) is 9.59 Å². The van der Waals surface area contributed by atoms with E-state index in [0.717, 1.165) is 30.9 Å². The second-order valence-electron chi connectivity index (χ2n) is 7.64. The molecule has 0 radical (unpaired) electrons. The molecule has 0 aliphatic carbocycles. The van der Waals surface area contributed by atoms with Crippen molar-refractivity contribution in [1.82, 2.24) is 4.90 Å². The summed E-state index contributed by atoms with van der Waals surface area (Å²) in [5.41, 5.74) is 2.64. The van der Waals surface area contributed by atoms with Gasteiger partial charge in [-0.2, -0.15) is 0 Å². The Morgan fingerprint density at radius 1 is 0.929 bits per heavy atom. The van der Waals surface area contributed by atoms with Crippen LogP contribution in [0.5, 0.6) is 0 Å². The Hall–Kier alpha value is -2.82. The molecule has 2 aromatic carbocycles. The summed E-state index contributed by atoms with van der Waals surface area (Å²) in [6, 6.07) is 17.1. The summed E-state index contributed by atoms with van der Waals surface area (Å²) in [6.45, 7) is 2.78. The minimum atomic E-state index is -0.420. The van der Waals surface area contributed by atoms with Crippen LogP contribution >= 0.6 is 0 Å². The third-order valence-electron chi connectivity index (χ3n) is 5.83. The molecule has 1 unspecified atom stereocenters. The van der Waals surface area contributed by atoms with Gasteiger partial charge in [-0.15, -0.1) is 0 Å². The van der Waals surface area contributed by atoms with Crippen LogP contribution in [0.25, 0.3) is 0 Å². The molecule has 2 amide bonds. The largest absolute Gasteiger partial charge is 0.372 e. The van der Waals surface area contributed by atoms with Crippen molar-refractivity contribution in [3.05, 3.63) is 60.2 Å². The Morgan fingerprint density at radius 2 is 1.64 bits per heavy atom. The number of amides is 2. The first-order chi connectivity index (χ1) is 13.6. The molecule has 146 valence electrons. The molecule has 2 aliphatic rings. The quantitative estimate of drug-likeness (QED) is 0.818. The van der Waals surface area contributed by atoms with Crippen LogP contribution in [0.1, 0.15) is 36.0 Å². The van der Waals surface area contributed by atoms with Crippen molar-refractivity contribution >= 4 is 23.2 Å². The molecule has 5 heteroatoms. The number of piperidine rings is 1. The van der Waals surface area contributed by atoms with Crippen molar-refractivity contribution in [1.29, 1.82) is 0 Å². The number of anilines is 2. The first-order valence-electron chi connectivity index (χ1n) is 10.1. The number of para-hydroxylation sites is 1. The van der Waals surface area contributed by atoms with Gasteiger partial charge < -0.3 is 14.7 Å². The molecule has 2 aromatic rings. The van der Waals surface area contributed by atoms with Crippen LogP contribution in [-0.2, 0) is 4.79 Å². The van der Waals surface area contributed by atoms with Gasteiger partial charge in [0.05, 0.1) is 0 Å². The monoisotopic (exact) mass is 377 g/mol. The van der Waals surface area contributed by atoms with Crippen LogP contribution in [0.15, 0.2) is 54.6 Å². The molecule has 4 rings (SSSR count). The molecule has 2 aliphatic heterocycles. The maximum absolute atomic E-state index is 13.1. The zero-order valence-electron chi connectivity index (χ0n) is 16.4. The molecular formula is C23H27N3O2. The Labute approximate surface area is 166 Å². The third kappa shape index (κ3) is 3.61. The van der Waals surface area contributed by atoms with Gasteiger partial charge in [0.15, 0.2) is 0 Å². The second-order valence-corrected chi connectivity index (χ2v) is 7.64. The summed E-state index contributed by atoms with van der Waals surface area (Å²) in [5, 5.41) is 0. The average molecular weight is 377 g/mol. The summed E-state index contributed by atoms with van der Waals surface area (Å²) in [4.78, 5) is 32.0. The van der Waals surface area contributed by atoms with E-state index in [4.69, 9.17) is 0 Å². The van der Waals surface area contributed by atoms with Crippen LogP contribution in [0, 0.1) is 0 Å². The fourth-order valence-electron chi connectivity index (χ4n) is 4.24. The van der Waals surface area contributed by atoms with Gasteiger partial charge in [0.2, 0.25) is 5.91 Å². The van der Waals surface area contributed by atoms with Gasteiger partial charge in [-0.25, -0.2) is 0 Å². The lowest BCUT2D eigenvalue weighted by molar-refractivity contribution is -0.124. The summed E-state index contributed by atoms with van der Waals surface area (Å²) in [5.74, 6) is -0.0849. The van der Waals surface area contributed by atoms with Crippen molar-refractivity contribution in [3.8, 4) is 0 Å². The number of carbonyl (C=O) groups is 2. The molecule has 5 nitrogen and oxygen atoms in total. The number of nitrogens with zero attached hydrogens (tertiary/aromatic N) is 3. The lowest BCUT2D eigenvalue weighted by Crippen LogP contribution is -2.53. The van der Waals surface area contributed by atoms with Crippen molar-refractivity contribution in [2.75, 3.05) is 36.5 Å². The molecule has 2 heterocycles. The minimum absolute atomic E-state index is 0.00370. The number of hydrogen-bond donors (Lipinski definition) is 0. The predicted molar refractivity (Wildman–Crippen MR) is 112 cm³/mol. The first-order valence-corrected chi connectivity index (χ1v) is 10.1. The van der Waals surface area contributed by atoms with Crippen LogP contribution in [0.3, 0.4) is 0 Å². The van der Waals surface area contributed by atoms with Gasteiger partial charge in [-0.1, -0.05) is 24.3 Å². The van der Waals surface area contributed by atoms with E-state index in [0.29, 0.717) is 18.5 Å². The SMILES string of the molecule is CN(C(=O)c1cccc(N2CCCC2)c1)C1CCCN(c2ccccc2)C1=O. The van der Waals surface area contributed by atoms with Gasteiger partial charge in [0.25, 0.3) is 5.91 Å². The zero-order valence-corrected chi connectivity index (χ0v) is 16.4.